The molecule has 4 heteroatoms. The molecule has 0 fully saturated rings. The van der Waals surface area contributed by atoms with Gasteiger partial charge in [-0.1, -0.05) is 6.07 Å². The van der Waals surface area contributed by atoms with Crippen molar-refractivity contribution in [2.75, 3.05) is 13.2 Å². The van der Waals surface area contributed by atoms with Gasteiger partial charge < -0.3 is 19.2 Å². The van der Waals surface area contributed by atoms with Crippen molar-refractivity contribution in [3.63, 3.8) is 0 Å². The average molecular weight is 259 g/mol. The molecular formula is C15H17NO3. The summed E-state index contributed by atoms with van der Waals surface area (Å²) in [5.41, 5.74) is 2.33. The SMILES string of the molecule is CC(NCc1ccc2c(c1)OCCO2)c1ccoc1. The summed E-state index contributed by atoms with van der Waals surface area (Å²) in [5, 5.41) is 3.45. The fourth-order valence-electron chi connectivity index (χ4n) is 2.11. The zero-order chi connectivity index (χ0) is 13.1. The standard InChI is InChI=1S/C15H17NO3/c1-11(13-4-5-17-10-13)16-9-12-2-3-14-15(8-12)19-7-6-18-14/h2-5,8,10-11,16H,6-7,9H2,1H3. The summed E-state index contributed by atoms with van der Waals surface area (Å²) >= 11 is 0. The number of hydrogen-bond acceptors (Lipinski definition) is 4. The number of fused-ring (bicyclic) bond motifs is 1. The van der Waals surface area contributed by atoms with Crippen LogP contribution >= 0.6 is 0 Å². The number of furan rings is 1. The maximum Gasteiger partial charge on any atom is 0.161 e. The molecule has 1 aromatic carbocycles. The Morgan fingerprint density at radius 1 is 1.16 bits per heavy atom. The molecule has 0 bridgehead atoms. The second-order valence-electron chi connectivity index (χ2n) is 4.64. The fraction of sp³-hybridized carbons (Fsp3) is 0.333. The molecule has 19 heavy (non-hydrogen) atoms. The topological polar surface area (TPSA) is 43.6 Å². The summed E-state index contributed by atoms with van der Waals surface area (Å²) in [6.07, 6.45) is 3.46. The van der Waals surface area contributed by atoms with Crippen LogP contribution in [-0.4, -0.2) is 13.2 Å². The number of benzene rings is 1. The molecule has 0 radical (unpaired) electrons. The smallest absolute Gasteiger partial charge is 0.161 e. The van der Waals surface area contributed by atoms with E-state index < -0.39 is 0 Å². The Kier molecular flexibility index (Phi) is 3.42. The second-order valence-corrected chi connectivity index (χ2v) is 4.64. The summed E-state index contributed by atoms with van der Waals surface area (Å²) in [6.45, 7) is 4.14. The zero-order valence-electron chi connectivity index (χ0n) is 10.9. The van der Waals surface area contributed by atoms with Crippen LogP contribution in [0.2, 0.25) is 0 Å². The minimum absolute atomic E-state index is 0.256. The Hall–Kier alpha value is -1.94. The molecule has 0 spiro atoms. The van der Waals surface area contributed by atoms with E-state index in [9.17, 15) is 0 Å². The molecule has 2 aromatic rings. The maximum absolute atomic E-state index is 5.58. The van der Waals surface area contributed by atoms with Gasteiger partial charge in [-0.15, -0.1) is 0 Å². The minimum Gasteiger partial charge on any atom is -0.486 e. The van der Waals surface area contributed by atoms with Gasteiger partial charge in [0.2, 0.25) is 0 Å². The highest BCUT2D eigenvalue weighted by Gasteiger charge is 2.12. The first-order valence-electron chi connectivity index (χ1n) is 6.47. The van der Waals surface area contributed by atoms with Crippen molar-refractivity contribution in [3.8, 4) is 11.5 Å². The summed E-state index contributed by atoms with van der Waals surface area (Å²) in [6, 6.07) is 8.29. The molecule has 1 aliphatic rings. The average Bonchev–Trinajstić information content (AvgIpc) is 2.99. The Labute approximate surface area is 112 Å². The van der Waals surface area contributed by atoms with Crippen molar-refractivity contribution in [2.45, 2.75) is 19.5 Å². The van der Waals surface area contributed by atoms with Crippen LogP contribution < -0.4 is 14.8 Å². The molecule has 100 valence electrons. The molecule has 0 aliphatic carbocycles. The van der Waals surface area contributed by atoms with E-state index in [0.29, 0.717) is 13.2 Å². The third-order valence-electron chi connectivity index (χ3n) is 3.26. The third-order valence-corrected chi connectivity index (χ3v) is 3.26. The van der Waals surface area contributed by atoms with Crippen molar-refractivity contribution in [3.05, 3.63) is 47.9 Å². The van der Waals surface area contributed by atoms with Gasteiger partial charge in [0.25, 0.3) is 0 Å². The van der Waals surface area contributed by atoms with E-state index >= 15 is 0 Å². The number of nitrogens with one attached hydrogen (secondary N) is 1. The van der Waals surface area contributed by atoms with Gasteiger partial charge >= 0.3 is 0 Å². The third kappa shape index (κ3) is 2.74. The summed E-state index contributed by atoms with van der Waals surface area (Å²) in [4.78, 5) is 0. The quantitative estimate of drug-likeness (QED) is 0.917. The van der Waals surface area contributed by atoms with Gasteiger partial charge in [0, 0.05) is 18.2 Å². The summed E-state index contributed by atoms with van der Waals surface area (Å²) in [5.74, 6) is 1.67. The van der Waals surface area contributed by atoms with Gasteiger partial charge in [0.05, 0.1) is 12.5 Å². The lowest BCUT2D eigenvalue weighted by Gasteiger charge is -2.19. The van der Waals surface area contributed by atoms with Gasteiger partial charge in [-0.2, -0.15) is 0 Å². The first-order valence-corrected chi connectivity index (χ1v) is 6.47. The normalized spacial score (nSPS) is 15.2. The van der Waals surface area contributed by atoms with Crippen LogP contribution in [0.3, 0.4) is 0 Å². The monoisotopic (exact) mass is 259 g/mol. The molecule has 4 nitrogen and oxygen atoms in total. The highest BCUT2D eigenvalue weighted by Crippen LogP contribution is 2.30. The Bertz CT molecular complexity index is 536. The zero-order valence-corrected chi connectivity index (χ0v) is 10.9. The van der Waals surface area contributed by atoms with Gasteiger partial charge in [0.1, 0.15) is 13.2 Å². The number of hydrogen-bond donors (Lipinski definition) is 1. The molecular weight excluding hydrogens is 242 g/mol. The lowest BCUT2D eigenvalue weighted by Crippen LogP contribution is -2.18. The van der Waals surface area contributed by atoms with Gasteiger partial charge in [-0.05, 0) is 30.7 Å². The van der Waals surface area contributed by atoms with Crippen molar-refractivity contribution in [2.24, 2.45) is 0 Å². The Morgan fingerprint density at radius 3 is 2.79 bits per heavy atom. The van der Waals surface area contributed by atoms with Gasteiger partial charge in [-0.25, -0.2) is 0 Å². The largest absolute Gasteiger partial charge is 0.486 e. The van der Waals surface area contributed by atoms with Crippen molar-refractivity contribution < 1.29 is 13.9 Å². The first-order chi connectivity index (χ1) is 9.33. The van der Waals surface area contributed by atoms with Crippen molar-refractivity contribution >= 4 is 0 Å². The molecule has 0 amide bonds. The van der Waals surface area contributed by atoms with E-state index in [2.05, 4.69) is 18.3 Å². The molecule has 0 saturated carbocycles. The lowest BCUT2D eigenvalue weighted by atomic mass is 10.1. The predicted octanol–water partition coefficient (Wildman–Crippen LogP) is 2.90. The molecule has 1 unspecified atom stereocenters. The molecule has 1 aliphatic heterocycles. The van der Waals surface area contributed by atoms with Crippen LogP contribution in [0, 0.1) is 0 Å². The van der Waals surface area contributed by atoms with Gasteiger partial charge in [-0.3, -0.25) is 0 Å². The molecule has 2 heterocycles. The van der Waals surface area contributed by atoms with E-state index in [1.54, 1.807) is 12.5 Å². The minimum atomic E-state index is 0.256. The van der Waals surface area contributed by atoms with E-state index in [1.165, 1.54) is 5.56 Å². The predicted molar refractivity (Wildman–Crippen MR) is 71.4 cm³/mol. The fourth-order valence-corrected chi connectivity index (χ4v) is 2.11. The molecule has 1 atom stereocenters. The highest BCUT2D eigenvalue weighted by atomic mass is 16.6. The molecule has 3 rings (SSSR count). The number of rotatable bonds is 4. The van der Waals surface area contributed by atoms with Crippen LogP contribution in [0.5, 0.6) is 11.5 Å². The van der Waals surface area contributed by atoms with Gasteiger partial charge in [0.15, 0.2) is 11.5 Å². The summed E-state index contributed by atoms with van der Waals surface area (Å²) < 4.78 is 16.2. The van der Waals surface area contributed by atoms with E-state index in [0.717, 1.165) is 23.6 Å². The van der Waals surface area contributed by atoms with Crippen LogP contribution in [0.1, 0.15) is 24.1 Å². The van der Waals surface area contributed by atoms with Crippen LogP contribution in [0.15, 0.2) is 41.2 Å². The molecule has 1 N–H and O–H groups in total. The maximum atomic E-state index is 5.58. The summed E-state index contributed by atoms with van der Waals surface area (Å²) in [7, 11) is 0. The van der Waals surface area contributed by atoms with Crippen LogP contribution in [0.25, 0.3) is 0 Å². The second kappa shape index (κ2) is 5.36. The molecule has 0 saturated heterocycles. The molecule has 1 aromatic heterocycles. The first kappa shape index (κ1) is 12.1. The lowest BCUT2D eigenvalue weighted by molar-refractivity contribution is 0.171. The van der Waals surface area contributed by atoms with Crippen LogP contribution in [0.4, 0.5) is 0 Å². The Morgan fingerprint density at radius 2 is 2.00 bits per heavy atom. The van der Waals surface area contributed by atoms with E-state index in [1.807, 2.05) is 18.2 Å². The Balaban J connectivity index is 1.64. The van der Waals surface area contributed by atoms with E-state index in [-0.39, 0.29) is 6.04 Å². The van der Waals surface area contributed by atoms with E-state index in [4.69, 9.17) is 13.9 Å². The number of ether oxygens (including phenoxy) is 2. The van der Waals surface area contributed by atoms with Crippen molar-refractivity contribution in [1.29, 1.82) is 0 Å². The highest BCUT2D eigenvalue weighted by molar-refractivity contribution is 5.43. The van der Waals surface area contributed by atoms with Crippen LogP contribution in [-0.2, 0) is 6.54 Å². The van der Waals surface area contributed by atoms with Crippen molar-refractivity contribution in [1.82, 2.24) is 5.32 Å².